The van der Waals surface area contributed by atoms with E-state index in [-0.39, 0.29) is 0 Å². The highest BCUT2D eigenvalue weighted by atomic mass is 16.9. The summed E-state index contributed by atoms with van der Waals surface area (Å²) in [5.41, 5.74) is 0. The molecule has 1 aliphatic rings. The molecule has 1 fully saturated rings. The van der Waals surface area contributed by atoms with Crippen LogP contribution in [0.5, 0.6) is 0 Å². The molecular formula is H5B3O8-2. The summed E-state index contributed by atoms with van der Waals surface area (Å²) in [7, 11) is -2.14. The van der Waals surface area contributed by atoms with Crippen LogP contribution < -0.4 is 0 Å². The van der Waals surface area contributed by atoms with Gasteiger partial charge in [0, 0.05) is 0 Å². The zero-order valence-electron chi connectivity index (χ0n) is 5.19. The Bertz CT molecular complexity index is 135. The molecule has 1 heterocycles. The second-order valence-electron chi connectivity index (χ2n) is 1.98. The molecule has 1 aliphatic heterocycles. The summed E-state index contributed by atoms with van der Waals surface area (Å²) in [6, 6.07) is 0. The van der Waals surface area contributed by atoms with Crippen LogP contribution in [0.4, 0.5) is 0 Å². The van der Waals surface area contributed by atoms with Crippen molar-refractivity contribution in [3.8, 4) is 0 Å². The third kappa shape index (κ3) is 2.43. The maximum atomic E-state index is 8.51. The molecule has 11 heteroatoms. The van der Waals surface area contributed by atoms with E-state index in [4.69, 9.17) is 25.1 Å². The van der Waals surface area contributed by atoms with Crippen molar-refractivity contribution in [3.63, 3.8) is 0 Å². The fourth-order valence-electron chi connectivity index (χ4n) is 0.630. The van der Waals surface area contributed by atoms with Crippen molar-refractivity contribution in [2.75, 3.05) is 0 Å². The monoisotopic (exact) mass is 166 g/mol. The first-order valence-electron chi connectivity index (χ1n) is 2.71. The van der Waals surface area contributed by atoms with E-state index >= 15 is 0 Å². The van der Waals surface area contributed by atoms with Crippen LogP contribution in [0.25, 0.3) is 0 Å². The van der Waals surface area contributed by atoms with E-state index in [9.17, 15) is 0 Å². The Morgan fingerprint density at radius 3 is 1.55 bits per heavy atom. The lowest BCUT2D eigenvalue weighted by Gasteiger charge is -2.49. The zero-order chi connectivity index (χ0) is 8.70. The zero-order valence-corrected chi connectivity index (χ0v) is 5.19. The molecule has 0 radical (unpaired) electrons. The molecule has 64 valence electrons. The number of rotatable bonds is 0. The van der Waals surface area contributed by atoms with E-state index in [0.29, 0.717) is 0 Å². The molecule has 1 saturated heterocycles. The van der Waals surface area contributed by atoms with Gasteiger partial charge in [-0.15, -0.1) is 0 Å². The molecule has 8 nitrogen and oxygen atoms in total. The van der Waals surface area contributed by atoms with Crippen LogP contribution in [-0.2, 0) is 13.7 Å². The third-order valence-corrected chi connectivity index (χ3v) is 0.942. The summed E-state index contributed by atoms with van der Waals surface area (Å²) in [4.78, 5) is 0. The Morgan fingerprint density at radius 1 is 0.909 bits per heavy atom. The van der Waals surface area contributed by atoms with Crippen molar-refractivity contribution in [2.45, 2.75) is 0 Å². The van der Waals surface area contributed by atoms with Crippen LogP contribution in [0, 0.1) is 0 Å². The molecule has 0 aromatic carbocycles. The summed E-state index contributed by atoms with van der Waals surface area (Å²) >= 11 is 0. The van der Waals surface area contributed by atoms with Gasteiger partial charge in [0.1, 0.15) is 0 Å². The van der Waals surface area contributed by atoms with Crippen molar-refractivity contribution in [3.05, 3.63) is 0 Å². The predicted molar refractivity (Wildman–Crippen MR) is 31.6 cm³/mol. The van der Waals surface area contributed by atoms with Gasteiger partial charge in [0.25, 0.3) is 0 Å². The molecule has 0 saturated carbocycles. The van der Waals surface area contributed by atoms with Gasteiger partial charge in [-0.3, -0.25) is 0 Å². The number of hydrogen-bond acceptors (Lipinski definition) is 8. The van der Waals surface area contributed by atoms with E-state index in [1.54, 1.807) is 0 Å². The minimum atomic E-state index is -3.88. The van der Waals surface area contributed by atoms with Gasteiger partial charge in [-0.05, 0) is 0 Å². The Balaban J connectivity index is 2.66. The maximum Gasteiger partial charge on any atom is 0.553 e. The molecule has 0 spiro atoms. The van der Waals surface area contributed by atoms with Gasteiger partial charge in [-0.2, -0.15) is 0 Å². The Hall–Kier alpha value is -0.125. The summed E-state index contributed by atoms with van der Waals surface area (Å²) in [6.45, 7) is -7.76. The van der Waals surface area contributed by atoms with Gasteiger partial charge in [-0.25, -0.2) is 0 Å². The summed E-state index contributed by atoms with van der Waals surface area (Å²) < 4.78 is 11.3. The van der Waals surface area contributed by atoms with Crippen LogP contribution in [0.15, 0.2) is 0 Å². The van der Waals surface area contributed by atoms with Gasteiger partial charge in [0.2, 0.25) is 0 Å². The molecule has 0 unspecified atom stereocenters. The van der Waals surface area contributed by atoms with Gasteiger partial charge in [-0.1, -0.05) is 0 Å². The fourth-order valence-corrected chi connectivity index (χ4v) is 0.630. The Labute approximate surface area is 61.2 Å². The highest BCUT2D eigenvalue weighted by molar-refractivity contribution is 6.76. The fraction of sp³-hybridized carbons (Fsp3) is 0. The average Bonchev–Trinajstić information content (AvgIpc) is 1.49. The summed E-state index contributed by atoms with van der Waals surface area (Å²) in [5, 5.41) is 42.5. The Kier molecular flexibility index (Phi) is 1.98. The second kappa shape index (κ2) is 2.43. The molecule has 0 aliphatic carbocycles. The van der Waals surface area contributed by atoms with E-state index in [2.05, 4.69) is 13.7 Å². The van der Waals surface area contributed by atoms with Crippen molar-refractivity contribution >= 4 is 21.2 Å². The van der Waals surface area contributed by atoms with E-state index < -0.39 is 21.2 Å². The summed E-state index contributed by atoms with van der Waals surface area (Å²) in [6.07, 6.45) is 0. The van der Waals surface area contributed by atoms with Gasteiger partial charge in [0.15, 0.2) is 0 Å². The topological polar surface area (TPSA) is 129 Å². The predicted octanol–water partition coefficient (Wildman–Crippen LogP) is -4.13. The van der Waals surface area contributed by atoms with Crippen LogP contribution in [0.3, 0.4) is 0 Å². The molecular weight excluding hydrogens is 160 g/mol. The van der Waals surface area contributed by atoms with Crippen LogP contribution in [0.1, 0.15) is 0 Å². The van der Waals surface area contributed by atoms with Gasteiger partial charge in [0.05, 0.1) is 0 Å². The van der Waals surface area contributed by atoms with Crippen molar-refractivity contribution in [2.24, 2.45) is 0 Å². The second-order valence-corrected chi connectivity index (χ2v) is 1.98. The van der Waals surface area contributed by atoms with Crippen molar-refractivity contribution in [1.29, 1.82) is 0 Å². The molecule has 0 atom stereocenters. The average molecular weight is 165 g/mol. The lowest BCUT2D eigenvalue weighted by molar-refractivity contribution is -0.00375. The highest BCUT2D eigenvalue weighted by Gasteiger charge is 2.42. The maximum absolute atomic E-state index is 8.51. The normalized spacial score (nSPS) is 28.6. The first kappa shape index (κ1) is 8.97. The minimum absolute atomic E-state index is 2.14. The SMILES string of the molecule is OB1O[B-](O)(O)O[B-](O)(O)O1. The standard InChI is InChI=1S/B3H5O8/c4-1-9-2(5,6)11-3(7,8)10-1/h4-8H/q-2. The third-order valence-electron chi connectivity index (χ3n) is 0.942. The van der Waals surface area contributed by atoms with E-state index in [1.807, 2.05) is 0 Å². The largest absolute Gasteiger partial charge is 0.678 e. The Morgan fingerprint density at radius 2 is 1.27 bits per heavy atom. The van der Waals surface area contributed by atoms with E-state index in [0.717, 1.165) is 0 Å². The molecule has 1 rings (SSSR count). The van der Waals surface area contributed by atoms with Crippen LogP contribution in [0.2, 0.25) is 0 Å². The molecule has 0 aromatic rings. The lowest BCUT2D eigenvalue weighted by Crippen LogP contribution is -2.66. The molecule has 0 aromatic heterocycles. The van der Waals surface area contributed by atoms with Crippen molar-refractivity contribution in [1.82, 2.24) is 0 Å². The van der Waals surface area contributed by atoms with Crippen LogP contribution >= 0.6 is 0 Å². The smallest absolute Gasteiger partial charge is 0.553 e. The molecule has 0 bridgehead atoms. The highest BCUT2D eigenvalue weighted by Crippen LogP contribution is 2.15. The molecule has 0 amide bonds. The van der Waals surface area contributed by atoms with E-state index in [1.165, 1.54) is 0 Å². The lowest BCUT2D eigenvalue weighted by atomic mass is 9.88. The van der Waals surface area contributed by atoms with Gasteiger partial charge < -0.3 is 38.8 Å². The first-order chi connectivity index (χ1) is 4.81. The minimum Gasteiger partial charge on any atom is -0.678 e. The van der Waals surface area contributed by atoms with Gasteiger partial charge >= 0.3 is 21.2 Å². The summed E-state index contributed by atoms with van der Waals surface area (Å²) in [5.74, 6) is 0. The molecule has 5 N–H and O–H groups in total. The first-order valence-corrected chi connectivity index (χ1v) is 2.71. The van der Waals surface area contributed by atoms with Crippen molar-refractivity contribution < 1.29 is 38.8 Å². The van der Waals surface area contributed by atoms with Crippen LogP contribution in [-0.4, -0.2) is 46.4 Å². The quantitative estimate of drug-likeness (QED) is 0.229. The molecule has 11 heavy (non-hydrogen) atoms. The number of hydrogen-bond donors (Lipinski definition) is 5.